The fraction of sp³-hybridized carbons (Fsp3) is 0.953. The second kappa shape index (κ2) is 76.4. The third-order valence-corrected chi connectivity index (χ3v) is 21.9. The van der Waals surface area contributed by atoms with Gasteiger partial charge < -0.3 is 33.8 Å². The van der Waals surface area contributed by atoms with Gasteiger partial charge >= 0.3 is 39.5 Å². The highest BCUT2D eigenvalue weighted by Crippen LogP contribution is 2.45. The SMILES string of the molecule is CCCCCCCCCCCCCCCCCCCCCCCC(=O)O[C@H](COC(=O)CCCCCCCCCCCCCCCCCCC(C)C)COP(=O)(O)OC[C@@H](O)COP(=O)(O)OC[C@@H](COC(=O)CCCCCCCCC)OC(=O)CCCCCCCCCCCCCCCCC(C)C. The van der Waals surface area contributed by atoms with E-state index in [0.717, 1.165) is 115 Å². The molecule has 0 aliphatic heterocycles. The standard InChI is InChI=1S/C85H166O17P2/c1-7-9-11-13-15-16-17-18-19-20-21-22-23-24-29-35-40-45-51-57-63-70-85(90)102-81(74-96-83(88)68-62-56-50-44-39-34-28-26-25-27-32-37-42-48-53-59-65-77(3)4)76-100-104(93,94)98-72-79(86)71-97-103(91,92)99-75-80(73-95-82(87)67-61-55-47-14-12-10-8-2)101-84(89)69-64-58-52-46-41-36-31-30-33-38-43-49-54-60-66-78(5)6/h77-81,86H,7-76H2,1-6H3,(H,91,92)(H,93,94)/t79-,80+,81+/m0/s1. The van der Waals surface area contributed by atoms with Crippen molar-refractivity contribution in [2.24, 2.45) is 11.8 Å². The lowest BCUT2D eigenvalue weighted by Crippen LogP contribution is -2.30. The van der Waals surface area contributed by atoms with E-state index in [1.54, 1.807) is 0 Å². The number of rotatable bonds is 84. The Morgan fingerprint density at radius 3 is 0.654 bits per heavy atom. The maximum atomic E-state index is 13.1. The normalized spacial score (nSPS) is 13.8. The minimum Gasteiger partial charge on any atom is -0.462 e. The fourth-order valence-corrected chi connectivity index (χ4v) is 14.8. The van der Waals surface area contributed by atoms with Crippen LogP contribution in [0.4, 0.5) is 0 Å². The zero-order chi connectivity index (χ0) is 76.4. The number of aliphatic hydroxyl groups excluding tert-OH is 1. The van der Waals surface area contributed by atoms with Crippen molar-refractivity contribution in [3.05, 3.63) is 0 Å². The predicted octanol–water partition coefficient (Wildman–Crippen LogP) is 25.8. The molecule has 2 unspecified atom stereocenters. The van der Waals surface area contributed by atoms with Gasteiger partial charge in [-0.15, -0.1) is 0 Å². The Morgan fingerprint density at radius 2 is 0.442 bits per heavy atom. The second-order valence-electron chi connectivity index (χ2n) is 31.5. The molecule has 0 aromatic heterocycles. The van der Waals surface area contributed by atoms with E-state index in [0.29, 0.717) is 25.7 Å². The molecule has 0 radical (unpaired) electrons. The number of unbranched alkanes of at least 4 members (excludes halogenated alkanes) is 54. The summed E-state index contributed by atoms with van der Waals surface area (Å²) in [6, 6.07) is 0. The van der Waals surface area contributed by atoms with Crippen molar-refractivity contribution in [3.8, 4) is 0 Å². The molecule has 0 rings (SSSR count). The van der Waals surface area contributed by atoms with Crippen molar-refractivity contribution in [1.82, 2.24) is 0 Å². The van der Waals surface area contributed by atoms with E-state index in [2.05, 4.69) is 41.5 Å². The first-order chi connectivity index (χ1) is 50.4. The Labute approximate surface area is 638 Å². The molecule has 0 aliphatic carbocycles. The molecule has 0 bridgehead atoms. The summed E-state index contributed by atoms with van der Waals surface area (Å²) in [7, 11) is -9.92. The molecule has 0 saturated carbocycles. The Balaban J connectivity index is 5.16. The van der Waals surface area contributed by atoms with Crippen molar-refractivity contribution in [2.75, 3.05) is 39.6 Å². The summed E-state index contributed by atoms with van der Waals surface area (Å²) < 4.78 is 68.7. The molecule has 0 aliphatic rings. The highest BCUT2D eigenvalue weighted by molar-refractivity contribution is 7.47. The van der Waals surface area contributed by atoms with Crippen LogP contribution in [0.25, 0.3) is 0 Å². The number of hydrogen-bond donors (Lipinski definition) is 3. The minimum absolute atomic E-state index is 0.107. The van der Waals surface area contributed by atoms with Gasteiger partial charge in [-0.3, -0.25) is 37.3 Å². The van der Waals surface area contributed by atoms with Crippen LogP contribution in [0.3, 0.4) is 0 Å². The first kappa shape index (κ1) is 102. The number of hydrogen-bond acceptors (Lipinski definition) is 15. The van der Waals surface area contributed by atoms with Crippen LogP contribution in [0, 0.1) is 11.8 Å². The summed E-state index contributed by atoms with van der Waals surface area (Å²) in [6.07, 6.45) is 68.3. The van der Waals surface area contributed by atoms with Gasteiger partial charge in [0.1, 0.15) is 19.3 Å². The summed E-state index contributed by atoms with van der Waals surface area (Å²) in [5, 5.41) is 10.6. The summed E-state index contributed by atoms with van der Waals surface area (Å²) in [5.74, 6) is -0.501. The molecule has 0 heterocycles. The third kappa shape index (κ3) is 78.2. The van der Waals surface area contributed by atoms with Crippen molar-refractivity contribution in [1.29, 1.82) is 0 Å². The quantitative estimate of drug-likeness (QED) is 0.0222. The largest absolute Gasteiger partial charge is 0.472 e. The van der Waals surface area contributed by atoms with E-state index >= 15 is 0 Å². The van der Waals surface area contributed by atoms with Gasteiger partial charge in [-0.2, -0.15) is 0 Å². The van der Waals surface area contributed by atoms with Gasteiger partial charge in [0.05, 0.1) is 26.4 Å². The van der Waals surface area contributed by atoms with Crippen molar-refractivity contribution >= 4 is 39.5 Å². The first-order valence-corrected chi connectivity index (χ1v) is 47.0. The molecule has 3 N–H and O–H groups in total. The number of phosphoric ester groups is 2. The molecule has 0 fully saturated rings. The molecule has 104 heavy (non-hydrogen) atoms. The Kier molecular flexibility index (Phi) is 75.0. The number of aliphatic hydroxyl groups is 1. The highest BCUT2D eigenvalue weighted by atomic mass is 31.2. The lowest BCUT2D eigenvalue weighted by molar-refractivity contribution is -0.161. The molecule has 19 heteroatoms. The number of esters is 4. The van der Waals surface area contributed by atoms with Crippen molar-refractivity contribution in [2.45, 2.75) is 471 Å². The van der Waals surface area contributed by atoms with Crippen LogP contribution in [0.2, 0.25) is 0 Å². The van der Waals surface area contributed by atoms with E-state index in [-0.39, 0.29) is 25.7 Å². The molecular weight excluding hydrogens is 1350 g/mol. The highest BCUT2D eigenvalue weighted by Gasteiger charge is 2.30. The molecule has 618 valence electrons. The van der Waals surface area contributed by atoms with E-state index in [1.807, 2.05) is 0 Å². The van der Waals surface area contributed by atoms with Gasteiger partial charge in [0.25, 0.3) is 0 Å². The van der Waals surface area contributed by atoms with E-state index in [4.69, 9.17) is 37.0 Å². The summed E-state index contributed by atoms with van der Waals surface area (Å²) in [4.78, 5) is 73.0. The van der Waals surface area contributed by atoms with E-state index < -0.39 is 97.5 Å². The van der Waals surface area contributed by atoms with Crippen LogP contribution in [0.5, 0.6) is 0 Å². The van der Waals surface area contributed by atoms with Gasteiger partial charge in [-0.05, 0) is 37.5 Å². The Hall–Kier alpha value is -1.94. The Bertz CT molecular complexity index is 1990. The van der Waals surface area contributed by atoms with Crippen LogP contribution in [-0.2, 0) is 65.4 Å². The average Bonchev–Trinajstić information content (AvgIpc) is 0.931. The predicted molar refractivity (Wildman–Crippen MR) is 428 cm³/mol. The van der Waals surface area contributed by atoms with Gasteiger partial charge in [0.15, 0.2) is 12.2 Å². The molecule has 5 atom stereocenters. The average molecular weight is 1520 g/mol. The zero-order valence-corrected chi connectivity index (χ0v) is 70.1. The number of carbonyl (C=O) groups excluding carboxylic acids is 4. The second-order valence-corrected chi connectivity index (χ2v) is 34.4. The molecule has 0 spiro atoms. The number of phosphoric acid groups is 2. The van der Waals surface area contributed by atoms with Crippen LogP contribution in [0.1, 0.15) is 452 Å². The summed E-state index contributed by atoms with van der Waals surface area (Å²) in [6.45, 7) is 9.67. The maximum absolute atomic E-state index is 13.1. The lowest BCUT2D eigenvalue weighted by Gasteiger charge is -2.21. The van der Waals surface area contributed by atoms with E-state index in [9.17, 15) is 43.2 Å². The van der Waals surface area contributed by atoms with Crippen LogP contribution in [-0.4, -0.2) is 96.7 Å². The van der Waals surface area contributed by atoms with Crippen molar-refractivity contribution in [3.63, 3.8) is 0 Å². The zero-order valence-electron chi connectivity index (χ0n) is 68.3. The van der Waals surface area contributed by atoms with Crippen LogP contribution in [0.15, 0.2) is 0 Å². The molecule has 0 aromatic carbocycles. The van der Waals surface area contributed by atoms with Crippen molar-refractivity contribution < 1.29 is 80.2 Å². The molecule has 0 amide bonds. The molecular formula is C85H166O17P2. The Morgan fingerprint density at radius 1 is 0.260 bits per heavy atom. The minimum atomic E-state index is -4.96. The fourth-order valence-electron chi connectivity index (χ4n) is 13.2. The smallest absolute Gasteiger partial charge is 0.462 e. The van der Waals surface area contributed by atoms with Crippen LogP contribution >= 0.6 is 15.6 Å². The molecule has 0 saturated heterocycles. The third-order valence-electron chi connectivity index (χ3n) is 20.0. The number of ether oxygens (including phenoxy) is 4. The molecule has 0 aromatic rings. The summed E-state index contributed by atoms with van der Waals surface area (Å²) >= 11 is 0. The van der Waals surface area contributed by atoms with Gasteiger partial charge in [0, 0.05) is 25.7 Å². The maximum Gasteiger partial charge on any atom is 0.472 e. The lowest BCUT2D eigenvalue weighted by atomic mass is 10.0. The van der Waals surface area contributed by atoms with Gasteiger partial charge in [0.2, 0.25) is 0 Å². The van der Waals surface area contributed by atoms with Gasteiger partial charge in [-0.1, -0.05) is 401 Å². The van der Waals surface area contributed by atoms with E-state index in [1.165, 1.54) is 257 Å². The summed E-state index contributed by atoms with van der Waals surface area (Å²) in [5.41, 5.74) is 0. The van der Waals surface area contributed by atoms with Crippen LogP contribution < -0.4 is 0 Å². The monoisotopic (exact) mass is 1520 g/mol. The topological polar surface area (TPSA) is 237 Å². The first-order valence-electron chi connectivity index (χ1n) is 44.0. The number of carbonyl (C=O) groups is 4. The van der Waals surface area contributed by atoms with Gasteiger partial charge in [-0.25, -0.2) is 9.13 Å². The molecule has 17 nitrogen and oxygen atoms in total.